The molecule has 1 aliphatic rings. The highest BCUT2D eigenvalue weighted by Crippen LogP contribution is 2.43. The van der Waals surface area contributed by atoms with Gasteiger partial charge in [-0.25, -0.2) is 0 Å². The van der Waals surface area contributed by atoms with Crippen molar-refractivity contribution in [3.8, 4) is 0 Å². The van der Waals surface area contributed by atoms with E-state index in [1.54, 1.807) is 0 Å². The molecule has 0 saturated heterocycles. The topological polar surface area (TPSA) is 75.3 Å². The van der Waals surface area contributed by atoms with Gasteiger partial charge in [-0.2, -0.15) is 4.98 Å². The van der Waals surface area contributed by atoms with Crippen LogP contribution in [0.5, 0.6) is 0 Å². The fraction of sp³-hybridized carbons (Fsp3) is 0.842. The molecule has 150 valence electrons. The van der Waals surface area contributed by atoms with Crippen LogP contribution >= 0.6 is 24.0 Å². The van der Waals surface area contributed by atoms with Crippen LogP contribution in [0, 0.1) is 18.3 Å². The Balaban J connectivity index is 0.00000338. The molecular formula is C19H36IN5O. The second-order valence-electron chi connectivity index (χ2n) is 7.77. The van der Waals surface area contributed by atoms with Gasteiger partial charge in [0.25, 0.3) is 0 Å². The zero-order valence-electron chi connectivity index (χ0n) is 16.8. The average molecular weight is 477 g/mol. The van der Waals surface area contributed by atoms with E-state index in [9.17, 15) is 0 Å². The maximum Gasteiger partial charge on any atom is 0.226 e. The van der Waals surface area contributed by atoms with Gasteiger partial charge in [0.1, 0.15) is 0 Å². The summed E-state index contributed by atoms with van der Waals surface area (Å²) in [6.45, 7) is 11.3. The highest BCUT2D eigenvalue weighted by Gasteiger charge is 2.34. The molecule has 1 heterocycles. The molecule has 0 radical (unpaired) electrons. The van der Waals surface area contributed by atoms with Gasteiger partial charge in [-0.3, -0.25) is 4.99 Å². The predicted octanol–water partition coefficient (Wildman–Crippen LogP) is 4.09. The van der Waals surface area contributed by atoms with Crippen LogP contribution in [0.15, 0.2) is 9.52 Å². The summed E-state index contributed by atoms with van der Waals surface area (Å²) in [7, 11) is 0. The van der Waals surface area contributed by atoms with Crippen molar-refractivity contribution in [3.05, 3.63) is 11.7 Å². The quantitative estimate of drug-likeness (QED) is 0.243. The molecule has 26 heavy (non-hydrogen) atoms. The summed E-state index contributed by atoms with van der Waals surface area (Å²) < 4.78 is 5.15. The Labute approximate surface area is 175 Å². The number of halogens is 1. The molecule has 0 aliphatic heterocycles. The predicted molar refractivity (Wildman–Crippen MR) is 117 cm³/mol. The lowest BCUT2D eigenvalue weighted by molar-refractivity contribution is 0.245. The molecular weight excluding hydrogens is 441 g/mol. The minimum absolute atomic E-state index is 0. The summed E-state index contributed by atoms with van der Waals surface area (Å²) in [4.78, 5) is 9.15. The van der Waals surface area contributed by atoms with Crippen molar-refractivity contribution >= 4 is 29.9 Å². The number of nitrogens with one attached hydrogen (secondary N) is 2. The highest BCUT2D eigenvalue weighted by atomic mass is 127. The Hall–Kier alpha value is -0.860. The lowest BCUT2D eigenvalue weighted by atomic mass is 9.78. The van der Waals surface area contributed by atoms with Gasteiger partial charge < -0.3 is 15.2 Å². The molecule has 0 atom stereocenters. The second kappa shape index (κ2) is 11.8. The molecule has 0 unspecified atom stereocenters. The van der Waals surface area contributed by atoms with E-state index in [0.29, 0.717) is 17.1 Å². The summed E-state index contributed by atoms with van der Waals surface area (Å²) in [5, 5.41) is 10.6. The molecule has 1 aromatic heterocycles. The molecule has 0 bridgehead atoms. The van der Waals surface area contributed by atoms with Crippen molar-refractivity contribution in [2.24, 2.45) is 16.3 Å². The molecule has 1 aliphatic carbocycles. The van der Waals surface area contributed by atoms with E-state index >= 15 is 0 Å². The average Bonchev–Trinajstić information content (AvgIpc) is 3.18. The third-order valence-corrected chi connectivity index (χ3v) is 4.85. The zero-order chi connectivity index (χ0) is 18.1. The molecule has 0 amide bonds. The van der Waals surface area contributed by atoms with Crippen LogP contribution in [-0.2, 0) is 6.42 Å². The molecule has 2 rings (SSSR count). The number of nitrogens with zero attached hydrogens (tertiary/aromatic N) is 3. The Morgan fingerprint density at radius 1 is 1.27 bits per heavy atom. The van der Waals surface area contributed by atoms with Gasteiger partial charge in [0.05, 0.1) is 0 Å². The van der Waals surface area contributed by atoms with E-state index in [4.69, 9.17) is 9.52 Å². The maximum absolute atomic E-state index is 5.15. The van der Waals surface area contributed by atoms with Crippen molar-refractivity contribution in [1.29, 1.82) is 0 Å². The van der Waals surface area contributed by atoms with Gasteiger partial charge in [0.2, 0.25) is 5.89 Å². The standard InChI is InChI=1S/C19H35N5O.HI/c1-5-20-18(21-12-8-9-17-23-16(4)24-25-17)22-14-19(13-15(2)3)10-6-7-11-19;/h15H,5-14H2,1-4H3,(H2,20,21,22);1H. The van der Waals surface area contributed by atoms with Gasteiger partial charge in [0.15, 0.2) is 11.8 Å². The Kier molecular flexibility index (Phi) is 10.5. The molecule has 1 aromatic rings. The minimum atomic E-state index is 0. The van der Waals surface area contributed by atoms with Crippen LogP contribution in [0.2, 0.25) is 0 Å². The van der Waals surface area contributed by atoms with Crippen molar-refractivity contribution in [3.63, 3.8) is 0 Å². The molecule has 2 N–H and O–H groups in total. The van der Waals surface area contributed by atoms with E-state index < -0.39 is 0 Å². The number of aryl methyl sites for hydroxylation is 2. The van der Waals surface area contributed by atoms with E-state index in [1.807, 2.05) is 6.92 Å². The Morgan fingerprint density at radius 3 is 2.58 bits per heavy atom. The van der Waals surface area contributed by atoms with E-state index in [0.717, 1.165) is 44.4 Å². The monoisotopic (exact) mass is 477 g/mol. The number of guanidine groups is 1. The minimum Gasteiger partial charge on any atom is -0.357 e. The van der Waals surface area contributed by atoms with E-state index in [-0.39, 0.29) is 24.0 Å². The largest absolute Gasteiger partial charge is 0.357 e. The molecule has 1 saturated carbocycles. The van der Waals surface area contributed by atoms with Gasteiger partial charge >= 0.3 is 0 Å². The lowest BCUT2D eigenvalue weighted by Gasteiger charge is -2.29. The third kappa shape index (κ3) is 7.80. The molecule has 7 heteroatoms. The fourth-order valence-corrected chi connectivity index (χ4v) is 3.89. The Morgan fingerprint density at radius 2 is 2.00 bits per heavy atom. The molecule has 6 nitrogen and oxygen atoms in total. The second-order valence-corrected chi connectivity index (χ2v) is 7.77. The first-order chi connectivity index (χ1) is 12.0. The number of aromatic nitrogens is 2. The van der Waals surface area contributed by atoms with Crippen molar-refractivity contribution in [1.82, 2.24) is 20.8 Å². The molecule has 0 aromatic carbocycles. The van der Waals surface area contributed by atoms with E-state index in [2.05, 4.69) is 41.5 Å². The van der Waals surface area contributed by atoms with Crippen molar-refractivity contribution < 1.29 is 4.52 Å². The normalized spacial score (nSPS) is 16.6. The molecule has 0 spiro atoms. The first kappa shape index (κ1) is 23.2. The van der Waals surface area contributed by atoms with Gasteiger partial charge in [-0.05, 0) is 50.9 Å². The number of aliphatic imine (C=N–C) groups is 1. The lowest BCUT2D eigenvalue weighted by Crippen LogP contribution is -2.39. The first-order valence-electron chi connectivity index (χ1n) is 9.84. The fourth-order valence-electron chi connectivity index (χ4n) is 3.89. The van der Waals surface area contributed by atoms with Crippen LogP contribution in [-0.4, -0.2) is 35.7 Å². The van der Waals surface area contributed by atoms with Gasteiger partial charge in [0, 0.05) is 26.1 Å². The van der Waals surface area contributed by atoms with Crippen LogP contribution in [0.3, 0.4) is 0 Å². The summed E-state index contributed by atoms with van der Waals surface area (Å²) in [5.74, 6) is 3.08. The third-order valence-electron chi connectivity index (χ3n) is 4.85. The van der Waals surface area contributed by atoms with Gasteiger partial charge in [-0.15, -0.1) is 24.0 Å². The van der Waals surface area contributed by atoms with Gasteiger partial charge in [-0.1, -0.05) is 31.8 Å². The zero-order valence-corrected chi connectivity index (χ0v) is 19.1. The summed E-state index contributed by atoms with van der Waals surface area (Å²) in [5.41, 5.74) is 0.414. The highest BCUT2D eigenvalue weighted by molar-refractivity contribution is 14.0. The summed E-state index contributed by atoms with van der Waals surface area (Å²) in [6, 6.07) is 0. The van der Waals surface area contributed by atoms with Crippen LogP contribution in [0.1, 0.15) is 71.0 Å². The first-order valence-corrected chi connectivity index (χ1v) is 9.84. The Bertz CT molecular complexity index is 538. The molecule has 1 fully saturated rings. The van der Waals surface area contributed by atoms with Crippen LogP contribution in [0.25, 0.3) is 0 Å². The number of rotatable bonds is 9. The number of hydrogen-bond acceptors (Lipinski definition) is 4. The SMILES string of the molecule is CCNC(=NCC1(CC(C)C)CCCC1)NCCCc1nc(C)no1.I. The van der Waals surface area contributed by atoms with Crippen molar-refractivity contribution in [2.75, 3.05) is 19.6 Å². The number of hydrogen-bond donors (Lipinski definition) is 2. The summed E-state index contributed by atoms with van der Waals surface area (Å²) >= 11 is 0. The van der Waals surface area contributed by atoms with Crippen LogP contribution < -0.4 is 10.6 Å². The van der Waals surface area contributed by atoms with Crippen molar-refractivity contribution in [2.45, 2.75) is 72.6 Å². The van der Waals surface area contributed by atoms with Crippen LogP contribution in [0.4, 0.5) is 0 Å². The smallest absolute Gasteiger partial charge is 0.226 e. The summed E-state index contributed by atoms with van der Waals surface area (Å²) in [6.07, 6.45) is 8.39. The van der Waals surface area contributed by atoms with E-state index in [1.165, 1.54) is 32.1 Å². The maximum atomic E-state index is 5.15.